The third-order valence-electron chi connectivity index (χ3n) is 10.6. The lowest BCUT2D eigenvalue weighted by atomic mass is 9.29. The molecule has 5 aromatic carbocycles. The standard InChI is InChI=1S/C39H31BF10NOP.C5H12.CH2Cl2/c1-18-14-20(3)37(21(4)15-18)53(38-22(5)16-19(2)17-23(38)6)13-12-40(52-39(53)51-24-10-8-7-9-11-24,25-27(41)31(45)35(49)32(46)28(25)42)26-29(43)33(47)36(50)34(48)30(26)44;1-3-5-4-2;2-1-3/h7-11,14-17H,12-13H2,1-6H3;3-5H2,1-2H3;1H2. The molecule has 0 N–H and O–H groups in total. The fraction of sp³-hybridized carbons (Fsp3) is 0.311. The van der Waals surface area contributed by atoms with E-state index in [4.69, 9.17) is 32.8 Å². The first-order valence-electron chi connectivity index (χ1n) is 19.4. The molecular weight excluding hydrogens is 873 g/mol. The fourth-order valence-corrected chi connectivity index (χ4v) is 13.9. The zero-order valence-corrected chi connectivity index (χ0v) is 37.3. The monoisotopic (exact) mass is 917 g/mol. The highest BCUT2D eigenvalue weighted by Crippen LogP contribution is 2.65. The van der Waals surface area contributed by atoms with Crippen LogP contribution in [0.25, 0.3) is 0 Å². The van der Waals surface area contributed by atoms with E-state index in [1.54, 1.807) is 45.9 Å². The smallest absolute Gasteiger partial charge is 0.303 e. The largest absolute Gasteiger partial charge is 0.665 e. The van der Waals surface area contributed by atoms with Crippen LogP contribution < -0.4 is 21.5 Å². The molecule has 0 aliphatic carbocycles. The highest BCUT2D eigenvalue weighted by molar-refractivity contribution is 8.03. The minimum Gasteiger partial charge on any atom is -0.665 e. The molecule has 1 aliphatic rings. The summed E-state index contributed by atoms with van der Waals surface area (Å²) in [7, 11) is -3.48. The first-order chi connectivity index (χ1) is 28.7. The maximum atomic E-state index is 16.1. The lowest BCUT2D eigenvalue weighted by Gasteiger charge is -2.50. The van der Waals surface area contributed by atoms with Gasteiger partial charge < -0.3 is 4.65 Å². The molecule has 1 fully saturated rings. The van der Waals surface area contributed by atoms with Crippen molar-refractivity contribution < 1.29 is 48.6 Å². The van der Waals surface area contributed by atoms with Crippen molar-refractivity contribution in [1.82, 2.24) is 0 Å². The van der Waals surface area contributed by atoms with E-state index in [1.165, 1.54) is 31.4 Å². The highest BCUT2D eigenvalue weighted by Gasteiger charge is 2.61. The van der Waals surface area contributed by atoms with Crippen molar-refractivity contribution in [3.63, 3.8) is 0 Å². The van der Waals surface area contributed by atoms with Gasteiger partial charge in [-0.05, 0) is 75.9 Å². The second kappa shape index (κ2) is 20.4. The van der Waals surface area contributed by atoms with Crippen LogP contribution >= 0.6 is 30.5 Å². The maximum Gasteiger partial charge on any atom is 0.303 e. The van der Waals surface area contributed by atoms with Gasteiger partial charge in [0.25, 0.3) is 0 Å². The van der Waals surface area contributed by atoms with Crippen molar-refractivity contribution in [2.24, 2.45) is 4.99 Å². The molecule has 5 aromatic rings. The molecule has 0 unspecified atom stereocenters. The average Bonchev–Trinajstić information content (AvgIpc) is 3.19. The van der Waals surface area contributed by atoms with Crippen molar-refractivity contribution >= 4 is 69.7 Å². The molecule has 0 saturated carbocycles. The Morgan fingerprint density at radius 2 is 0.885 bits per heavy atom. The Morgan fingerprint density at radius 3 is 1.20 bits per heavy atom. The number of nitrogens with zero attached hydrogens (tertiary/aromatic N) is 1. The quantitative estimate of drug-likeness (QED) is 0.0398. The van der Waals surface area contributed by atoms with Crippen LogP contribution in [0.5, 0.6) is 0 Å². The first-order valence-corrected chi connectivity index (χ1v) is 22.5. The molecule has 0 bridgehead atoms. The molecule has 16 heteroatoms. The third kappa shape index (κ3) is 9.35. The molecular formula is C45H45BCl2F10NOP. The van der Waals surface area contributed by atoms with Crippen LogP contribution in [0.15, 0.2) is 59.6 Å². The van der Waals surface area contributed by atoms with Crippen LogP contribution in [-0.4, -0.2) is 23.5 Å². The van der Waals surface area contributed by atoms with Crippen LogP contribution in [-0.2, 0) is 4.65 Å². The van der Waals surface area contributed by atoms with Gasteiger partial charge in [-0.25, -0.2) is 43.9 Å². The number of para-hydroxylation sites is 1. The zero-order valence-electron chi connectivity index (χ0n) is 34.9. The van der Waals surface area contributed by atoms with Crippen molar-refractivity contribution in [2.75, 3.05) is 11.5 Å². The summed E-state index contributed by atoms with van der Waals surface area (Å²) in [6.45, 7) is 15.3. The lowest BCUT2D eigenvalue weighted by molar-refractivity contribution is 0.377. The molecule has 1 saturated heterocycles. The summed E-state index contributed by atoms with van der Waals surface area (Å²) in [5.74, 6) is -25.4. The number of alkyl halides is 2. The number of benzene rings is 5. The van der Waals surface area contributed by atoms with Gasteiger partial charge in [-0.1, -0.05) is 104 Å². The van der Waals surface area contributed by atoms with E-state index in [0.29, 0.717) is 32.9 Å². The molecule has 0 atom stereocenters. The molecule has 0 radical (unpaired) electrons. The molecule has 6 rings (SSSR count). The van der Waals surface area contributed by atoms with E-state index in [-0.39, 0.29) is 17.2 Å². The predicted molar refractivity (Wildman–Crippen MR) is 231 cm³/mol. The highest BCUT2D eigenvalue weighted by atomic mass is 35.5. The number of hydrogen-bond acceptors (Lipinski definition) is 2. The Hall–Kier alpha value is -4.06. The van der Waals surface area contributed by atoms with E-state index in [9.17, 15) is 8.78 Å². The predicted octanol–water partition coefficient (Wildman–Crippen LogP) is 13.0. The van der Waals surface area contributed by atoms with E-state index < -0.39 is 94.7 Å². The Kier molecular flexibility index (Phi) is 16.6. The van der Waals surface area contributed by atoms with Gasteiger partial charge in [-0.15, -0.1) is 23.2 Å². The number of aliphatic imine (C=N–C) groups is 1. The molecule has 0 spiro atoms. The average molecular weight is 919 g/mol. The summed E-state index contributed by atoms with van der Waals surface area (Å²) in [6.07, 6.45) is -1.83. The van der Waals surface area contributed by atoms with Gasteiger partial charge in [0, 0.05) is 0 Å². The first kappa shape index (κ1) is 49.6. The maximum absolute atomic E-state index is 16.1. The van der Waals surface area contributed by atoms with Crippen LogP contribution in [0.2, 0.25) is 6.32 Å². The molecule has 1 aliphatic heterocycles. The summed E-state index contributed by atoms with van der Waals surface area (Å²) in [5, 5.41) is 1.49. The van der Waals surface area contributed by atoms with Gasteiger partial charge in [0.1, 0.15) is 33.9 Å². The van der Waals surface area contributed by atoms with Gasteiger partial charge in [0.15, 0.2) is 42.2 Å². The molecule has 0 aromatic heterocycles. The Balaban J connectivity index is 0.000000942. The van der Waals surface area contributed by atoms with Crippen LogP contribution in [0.4, 0.5) is 49.6 Å². The molecule has 1 heterocycles. The van der Waals surface area contributed by atoms with Crippen LogP contribution in [0, 0.1) is 99.7 Å². The summed E-state index contributed by atoms with van der Waals surface area (Å²) in [5.41, 5.74) is 0.500. The number of aryl methyl sites for hydroxylation is 6. The van der Waals surface area contributed by atoms with Gasteiger partial charge in [-0.3, -0.25) is 0 Å². The zero-order chi connectivity index (χ0) is 45.7. The second-order valence-corrected chi connectivity index (χ2v) is 19.2. The van der Waals surface area contributed by atoms with Crippen molar-refractivity contribution in [2.45, 2.75) is 81.0 Å². The number of halogens is 12. The van der Waals surface area contributed by atoms with E-state index in [0.717, 1.165) is 11.1 Å². The second-order valence-electron chi connectivity index (χ2n) is 15.0. The van der Waals surface area contributed by atoms with Gasteiger partial charge in [0.2, 0.25) is 6.35 Å². The summed E-state index contributed by atoms with van der Waals surface area (Å²) in [4.78, 5) is 4.77. The molecule has 61 heavy (non-hydrogen) atoms. The summed E-state index contributed by atoms with van der Waals surface area (Å²) in [6, 6.07) is 15.3. The van der Waals surface area contributed by atoms with Crippen molar-refractivity contribution in [3.05, 3.63) is 146 Å². The van der Waals surface area contributed by atoms with Gasteiger partial charge >= 0.3 is 5.64 Å². The normalized spacial score (nSPS) is 14.8. The molecule has 2 nitrogen and oxygen atoms in total. The Labute approximate surface area is 360 Å². The van der Waals surface area contributed by atoms with Gasteiger partial charge in [-0.2, -0.15) is 4.99 Å². The molecule has 328 valence electrons. The number of hydrogen-bond donors (Lipinski definition) is 0. The number of unbranched alkanes of at least 4 members (excludes halogenated alkanes) is 2. The van der Waals surface area contributed by atoms with Crippen LogP contribution in [0.3, 0.4) is 0 Å². The van der Waals surface area contributed by atoms with E-state index in [1.807, 2.05) is 38.1 Å². The van der Waals surface area contributed by atoms with Gasteiger partial charge in [0.05, 0.1) is 17.2 Å². The number of rotatable bonds is 7. The third-order valence-corrected chi connectivity index (χ3v) is 15.4. The Morgan fingerprint density at radius 1 is 0.557 bits per heavy atom. The van der Waals surface area contributed by atoms with Crippen LogP contribution in [0.1, 0.15) is 66.5 Å². The van der Waals surface area contributed by atoms with E-state index in [2.05, 4.69) is 13.8 Å². The molecule has 0 amide bonds. The minimum atomic E-state index is -4.58. The van der Waals surface area contributed by atoms with Crippen molar-refractivity contribution in [3.8, 4) is 0 Å². The van der Waals surface area contributed by atoms with Crippen molar-refractivity contribution in [1.29, 1.82) is 0 Å². The summed E-state index contributed by atoms with van der Waals surface area (Å²) >= 11 is 9.53. The topological polar surface area (TPSA) is 21.6 Å². The van der Waals surface area contributed by atoms with E-state index >= 15 is 35.1 Å². The lowest BCUT2D eigenvalue weighted by Crippen LogP contribution is -2.69. The minimum absolute atomic E-state index is 0.151. The SMILES string of the molecule is CCCCC.Cc1cc(C)c([P+]2(c3c(C)cc(C)cc3C)CC[B-](c3c(F)c(F)c(F)c(F)c3F)(c3c(F)c(F)c(F)c(F)c3F)OC2=Nc2ccccc2)c(C)c1.ClCCl. The Bertz CT molecular complexity index is 2220. The summed E-state index contributed by atoms with van der Waals surface area (Å²) < 4.78 is 160. The fourth-order valence-electron chi connectivity index (χ4n) is 8.57.